The van der Waals surface area contributed by atoms with E-state index in [9.17, 15) is 39.4 Å². The van der Waals surface area contributed by atoms with Crippen molar-refractivity contribution in [1.29, 1.82) is 5.26 Å². The first-order chi connectivity index (χ1) is 26.3. The summed E-state index contributed by atoms with van der Waals surface area (Å²) in [4.78, 5) is 64.8. The summed E-state index contributed by atoms with van der Waals surface area (Å²) >= 11 is 0. The molecule has 0 fully saturated rings. The minimum atomic E-state index is -0.929. The van der Waals surface area contributed by atoms with Crippen LogP contribution in [0.5, 0.6) is 11.5 Å². The third-order valence-electron chi connectivity index (χ3n) is 9.28. The van der Waals surface area contributed by atoms with E-state index >= 15 is 0 Å². The van der Waals surface area contributed by atoms with E-state index in [0.717, 1.165) is 11.1 Å². The van der Waals surface area contributed by atoms with Crippen molar-refractivity contribution in [2.45, 2.75) is 46.5 Å². The van der Waals surface area contributed by atoms with Gasteiger partial charge in [0.2, 0.25) is 5.91 Å². The number of amides is 3. The Labute approximate surface area is 318 Å². The van der Waals surface area contributed by atoms with E-state index in [2.05, 4.69) is 16.0 Å². The second kappa shape index (κ2) is 17.6. The SMILES string of the molecule is Cc1ccc(NC(=O)c2ccc(NC(=O)c3ccc(NC(=O)C(CC#N)CC(=O)c4ccc(CC(=O)Cc5ccccc5)cc4)cc3)c(C)c2O)c(C)c1O. The Morgan fingerprint density at radius 2 is 1.20 bits per heavy atom. The van der Waals surface area contributed by atoms with Crippen LogP contribution in [-0.2, 0) is 22.4 Å². The van der Waals surface area contributed by atoms with Gasteiger partial charge < -0.3 is 26.2 Å². The minimum absolute atomic E-state index is 0.0211. The first kappa shape index (κ1) is 39.2. The van der Waals surface area contributed by atoms with Crippen molar-refractivity contribution in [3.8, 4) is 17.6 Å². The van der Waals surface area contributed by atoms with E-state index < -0.39 is 23.6 Å². The lowest BCUT2D eigenvalue weighted by atomic mass is 9.94. The molecule has 11 nitrogen and oxygen atoms in total. The molecular formula is C44H40N4O7. The number of nitrogens with one attached hydrogen (secondary N) is 3. The molecule has 0 spiro atoms. The molecule has 0 saturated heterocycles. The standard InChI is InChI=1S/C44H40N4O7/c1-26-9-19-37(27(2)40(26)51)48-44(55)36-18-20-38(28(3)41(36)52)47-42(53)32-14-16-34(17-15-32)46-43(54)33(21-22-45)25-39(50)31-12-10-30(11-13-31)24-35(49)23-29-7-5-4-6-8-29/h4-20,33,51-52H,21,23-25H2,1-3H3,(H,46,54)(H,47,53)(H,48,55). The Balaban J connectivity index is 1.16. The van der Waals surface area contributed by atoms with E-state index in [1.165, 1.54) is 36.4 Å². The molecule has 1 atom stereocenters. The maximum absolute atomic E-state index is 13.2. The monoisotopic (exact) mass is 736 g/mol. The number of benzene rings is 5. The highest BCUT2D eigenvalue weighted by Gasteiger charge is 2.24. The van der Waals surface area contributed by atoms with Gasteiger partial charge in [0.05, 0.1) is 17.6 Å². The Hall–Kier alpha value is -7.06. The fraction of sp³-hybridized carbons (Fsp3) is 0.182. The Bertz CT molecular complexity index is 2290. The molecule has 11 heteroatoms. The summed E-state index contributed by atoms with van der Waals surface area (Å²) in [6.45, 7) is 4.96. The van der Waals surface area contributed by atoms with Crippen LogP contribution in [-0.4, -0.2) is 39.5 Å². The van der Waals surface area contributed by atoms with Crippen LogP contribution < -0.4 is 16.0 Å². The highest BCUT2D eigenvalue weighted by Crippen LogP contribution is 2.32. The molecule has 0 aliphatic rings. The molecule has 278 valence electrons. The van der Waals surface area contributed by atoms with Crippen molar-refractivity contribution in [3.63, 3.8) is 0 Å². The van der Waals surface area contributed by atoms with Gasteiger partial charge in [-0.05, 0) is 79.9 Å². The number of rotatable bonds is 14. The highest BCUT2D eigenvalue weighted by molar-refractivity contribution is 6.09. The van der Waals surface area contributed by atoms with Gasteiger partial charge in [-0.15, -0.1) is 0 Å². The number of carbonyl (C=O) groups is 5. The number of anilines is 3. The lowest BCUT2D eigenvalue weighted by molar-refractivity contribution is -0.120. The van der Waals surface area contributed by atoms with Gasteiger partial charge in [-0.25, -0.2) is 0 Å². The summed E-state index contributed by atoms with van der Waals surface area (Å²) in [7, 11) is 0. The largest absolute Gasteiger partial charge is 0.507 e. The molecule has 55 heavy (non-hydrogen) atoms. The summed E-state index contributed by atoms with van der Waals surface area (Å²) in [6.07, 6.45) is 0.150. The molecule has 5 N–H and O–H groups in total. The number of carbonyl (C=O) groups excluding carboxylic acids is 5. The number of aryl methyl sites for hydroxylation is 1. The van der Waals surface area contributed by atoms with Crippen molar-refractivity contribution in [2.75, 3.05) is 16.0 Å². The van der Waals surface area contributed by atoms with Crippen molar-refractivity contribution in [1.82, 2.24) is 0 Å². The van der Waals surface area contributed by atoms with Crippen molar-refractivity contribution in [2.24, 2.45) is 5.92 Å². The van der Waals surface area contributed by atoms with Crippen molar-refractivity contribution in [3.05, 3.63) is 148 Å². The van der Waals surface area contributed by atoms with Crippen LogP contribution in [0.4, 0.5) is 17.1 Å². The lowest BCUT2D eigenvalue weighted by Gasteiger charge is -2.15. The first-order valence-electron chi connectivity index (χ1n) is 17.5. The summed E-state index contributed by atoms with van der Waals surface area (Å²) in [5.74, 6) is -3.10. The number of phenolic OH excluding ortho intramolecular Hbond substituents is 2. The second-order valence-corrected chi connectivity index (χ2v) is 13.3. The van der Waals surface area contributed by atoms with Gasteiger partial charge >= 0.3 is 0 Å². The van der Waals surface area contributed by atoms with Crippen LogP contribution in [0.3, 0.4) is 0 Å². The number of aromatic hydroxyl groups is 2. The number of Topliss-reactive ketones (excluding diaryl/α,β-unsaturated/α-hetero) is 2. The average molecular weight is 737 g/mol. The fourth-order valence-corrected chi connectivity index (χ4v) is 5.95. The van der Waals surface area contributed by atoms with Crippen molar-refractivity contribution >= 4 is 46.4 Å². The molecule has 0 aliphatic carbocycles. The zero-order chi connectivity index (χ0) is 39.6. The number of phenols is 2. The van der Waals surface area contributed by atoms with Crippen LogP contribution in [0.2, 0.25) is 0 Å². The lowest BCUT2D eigenvalue weighted by Crippen LogP contribution is -2.25. The molecule has 5 aromatic carbocycles. The summed E-state index contributed by atoms with van der Waals surface area (Å²) in [5.41, 5.74) is 4.70. The smallest absolute Gasteiger partial charge is 0.259 e. The zero-order valence-corrected chi connectivity index (χ0v) is 30.6. The van der Waals surface area contributed by atoms with E-state index in [0.29, 0.717) is 34.5 Å². The molecule has 0 aromatic heterocycles. The van der Waals surface area contributed by atoms with E-state index in [4.69, 9.17) is 0 Å². The van der Waals surface area contributed by atoms with Gasteiger partial charge in [-0.3, -0.25) is 24.0 Å². The third kappa shape index (κ3) is 9.88. The van der Waals surface area contributed by atoms with Gasteiger partial charge in [0, 0.05) is 65.0 Å². The molecule has 0 saturated carbocycles. The molecule has 5 aromatic rings. The molecule has 0 aliphatic heterocycles. The van der Waals surface area contributed by atoms with E-state index in [1.54, 1.807) is 57.2 Å². The summed E-state index contributed by atoms with van der Waals surface area (Å²) < 4.78 is 0. The molecule has 3 amide bonds. The maximum Gasteiger partial charge on any atom is 0.259 e. The van der Waals surface area contributed by atoms with Gasteiger partial charge in [0.1, 0.15) is 17.3 Å². The molecular weight excluding hydrogens is 697 g/mol. The van der Waals surface area contributed by atoms with Crippen LogP contribution >= 0.6 is 0 Å². The Morgan fingerprint density at radius 1 is 0.636 bits per heavy atom. The minimum Gasteiger partial charge on any atom is -0.507 e. The van der Waals surface area contributed by atoms with Gasteiger partial charge in [0.25, 0.3) is 11.8 Å². The molecule has 5 rings (SSSR count). The Kier molecular flexibility index (Phi) is 12.6. The maximum atomic E-state index is 13.2. The number of nitriles is 1. The molecule has 0 heterocycles. The van der Waals surface area contributed by atoms with Crippen LogP contribution in [0.15, 0.2) is 103 Å². The fourth-order valence-electron chi connectivity index (χ4n) is 5.95. The number of hydrogen-bond acceptors (Lipinski definition) is 8. The average Bonchev–Trinajstić information content (AvgIpc) is 3.17. The normalized spacial score (nSPS) is 11.2. The second-order valence-electron chi connectivity index (χ2n) is 13.3. The zero-order valence-electron chi connectivity index (χ0n) is 30.6. The number of ketones is 2. The van der Waals surface area contributed by atoms with Crippen LogP contribution in [0, 0.1) is 38.0 Å². The van der Waals surface area contributed by atoms with Crippen LogP contribution in [0.1, 0.15) is 71.7 Å². The third-order valence-corrected chi connectivity index (χ3v) is 9.28. The van der Waals surface area contributed by atoms with E-state index in [1.807, 2.05) is 36.4 Å². The molecule has 1 unspecified atom stereocenters. The molecule has 0 bridgehead atoms. The van der Waals surface area contributed by atoms with Gasteiger partial charge in [-0.2, -0.15) is 5.26 Å². The molecule has 0 radical (unpaired) electrons. The Morgan fingerprint density at radius 3 is 1.84 bits per heavy atom. The van der Waals surface area contributed by atoms with Gasteiger partial charge in [0.15, 0.2) is 5.78 Å². The van der Waals surface area contributed by atoms with Gasteiger partial charge in [-0.1, -0.05) is 60.7 Å². The highest BCUT2D eigenvalue weighted by atomic mass is 16.3. The summed E-state index contributed by atoms with van der Waals surface area (Å²) in [5, 5.41) is 38.5. The quantitative estimate of drug-likeness (QED) is 0.0721. The first-order valence-corrected chi connectivity index (χ1v) is 17.5. The topological polar surface area (TPSA) is 186 Å². The predicted octanol–water partition coefficient (Wildman–Crippen LogP) is 7.62. The summed E-state index contributed by atoms with van der Waals surface area (Å²) in [6, 6.07) is 30.3. The van der Waals surface area contributed by atoms with Crippen molar-refractivity contribution < 1.29 is 34.2 Å². The predicted molar refractivity (Wildman–Crippen MR) is 209 cm³/mol. The number of nitrogens with zero attached hydrogens (tertiary/aromatic N) is 1. The number of hydrogen-bond donors (Lipinski definition) is 5. The van der Waals surface area contributed by atoms with E-state index in [-0.39, 0.29) is 64.7 Å². The van der Waals surface area contributed by atoms with Crippen LogP contribution in [0.25, 0.3) is 0 Å².